The summed E-state index contributed by atoms with van der Waals surface area (Å²) < 4.78 is 20.0. The Balaban J connectivity index is 1.47. The number of aliphatic hydroxyl groups is 1. The second-order valence-electron chi connectivity index (χ2n) is 9.58. The highest BCUT2D eigenvalue weighted by molar-refractivity contribution is 5.61. The zero-order chi connectivity index (χ0) is 23.6. The van der Waals surface area contributed by atoms with Gasteiger partial charge in [0.15, 0.2) is 11.6 Å². The van der Waals surface area contributed by atoms with Crippen molar-refractivity contribution < 1.29 is 14.2 Å². The molecule has 4 rings (SSSR count). The van der Waals surface area contributed by atoms with Crippen molar-refractivity contribution in [3.8, 4) is 11.8 Å². The van der Waals surface area contributed by atoms with Gasteiger partial charge in [0.25, 0.3) is 0 Å². The SMILES string of the molecule is CC(O)COc1ccc(Nc2ncc(F)c(NC3CC4CCCN4C(C)(C)C3)n2)cc1C#N. The lowest BCUT2D eigenvalue weighted by atomic mass is 9.84. The van der Waals surface area contributed by atoms with Crippen molar-refractivity contribution in [1.29, 1.82) is 5.26 Å². The molecule has 2 aliphatic rings. The van der Waals surface area contributed by atoms with E-state index in [0.717, 1.165) is 25.6 Å². The lowest BCUT2D eigenvalue weighted by Gasteiger charge is -2.47. The van der Waals surface area contributed by atoms with Gasteiger partial charge in [0.2, 0.25) is 5.95 Å². The highest BCUT2D eigenvalue weighted by atomic mass is 19.1. The van der Waals surface area contributed by atoms with Crippen LogP contribution in [0.25, 0.3) is 0 Å². The van der Waals surface area contributed by atoms with Gasteiger partial charge < -0.3 is 20.5 Å². The van der Waals surface area contributed by atoms with E-state index in [-0.39, 0.29) is 30.0 Å². The molecule has 176 valence electrons. The molecule has 0 saturated carbocycles. The molecule has 0 aliphatic carbocycles. The minimum Gasteiger partial charge on any atom is -0.490 e. The van der Waals surface area contributed by atoms with Crippen LogP contribution in [0.2, 0.25) is 0 Å². The van der Waals surface area contributed by atoms with Gasteiger partial charge in [-0.3, -0.25) is 4.90 Å². The number of aliphatic hydroxyl groups excluding tert-OH is 1. The van der Waals surface area contributed by atoms with Crippen LogP contribution >= 0.6 is 0 Å². The summed E-state index contributed by atoms with van der Waals surface area (Å²) in [5.74, 6) is 0.300. The molecule has 1 aromatic heterocycles. The number of benzene rings is 1. The minimum atomic E-state index is -0.639. The van der Waals surface area contributed by atoms with Crippen LogP contribution in [0.1, 0.15) is 52.0 Å². The Morgan fingerprint density at radius 3 is 3.00 bits per heavy atom. The summed E-state index contributed by atoms with van der Waals surface area (Å²) in [5, 5.41) is 25.2. The van der Waals surface area contributed by atoms with Gasteiger partial charge >= 0.3 is 0 Å². The first-order chi connectivity index (χ1) is 15.7. The van der Waals surface area contributed by atoms with Crippen LogP contribution in [0.15, 0.2) is 24.4 Å². The first-order valence-corrected chi connectivity index (χ1v) is 11.4. The predicted molar refractivity (Wildman–Crippen MR) is 124 cm³/mol. The number of fused-ring (bicyclic) bond motifs is 1. The monoisotopic (exact) mass is 454 g/mol. The van der Waals surface area contributed by atoms with E-state index in [9.17, 15) is 14.8 Å². The number of nitrogens with one attached hydrogen (secondary N) is 2. The number of anilines is 3. The highest BCUT2D eigenvalue weighted by Gasteiger charge is 2.43. The van der Waals surface area contributed by atoms with Gasteiger partial charge in [-0.2, -0.15) is 10.2 Å². The maximum absolute atomic E-state index is 14.5. The lowest BCUT2D eigenvalue weighted by Crippen LogP contribution is -2.55. The summed E-state index contributed by atoms with van der Waals surface area (Å²) >= 11 is 0. The molecular formula is C24H31FN6O2. The van der Waals surface area contributed by atoms with E-state index in [2.05, 4.69) is 45.4 Å². The molecule has 0 spiro atoms. The maximum Gasteiger partial charge on any atom is 0.229 e. The second kappa shape index (κ2) is 9.49. The van der Waals surface area contributed by atoms with E-state index in [4.69, 9.17) is 4.74 Å². The number of nitrogens with zero attached hydrogens (tertiary/aromatic N) is 4. The Morgan fingerprint density at radius 2 is 2.24 bits per heavy atom. The molecule has 2 fully saturated rings. The molecular weight excluding hydrogens is 423 g/mol. The molecule has 2 aromatic rings. The Morgan fingerprint density at radius 1 is 1.42 bits per heavy atom. The zero-order valence-electron chi connectivity index (χ0n) is 19.3. The molecule has 9 heteroatoms. The Kier molecular flexibility index (Phi) is 6.68. The highest BCUT2D eigenvalue weighted by Crippen LogP contribution is 2.38. The summed E-state index contributed by atoms with van der Waals surface area (Å²) in [4.78, 5) is 11.0. The molecule has 0 bridgehead atoms. The largest absolute Gasteiger partial charge is 0.490 e. The number of aromatic nitrogens is 2. The van der Waals surface area contributed by atoms with Gasteiger partial charge in [0, 0.05) is 23.3 Å². The number of halogens is 1. The molecule has 3 unspecified atom stereocenters. The Bertz CT molecular complexity index is 1040. The summed E-state index contributed by atoms with van der Waals surface area (Å²) in [7, 11) is 0. The molecule has 3 N–H and O–H groups in total. The van der Waals surface area contributed by atoms with E-state index < -0.39 is 11.9 Å². The molecule has 2 saturated heterocycles. The van der Waals surface area contributed by atoms with Gasteiger partial charge in [-0.1, -0.05) is 0 Å². The number of nitriles is 1. The number of hydrogen-bond acceptors (Lipinski definition) is 8. The quantitative estimate of drug-likeness (QED) is 0.580. The van der Waals surface area contributed by atoms with Crippen molar-refractivity contribution >= 4 is 17.5 Å². The Hall–Kier alpha value is -2.96. The number of piperidine rings is 1. The molecule has 2 aliphatic heterocycles. The van der Waals surface area contributed by atoms with Gasteiger partial charge in [-0.15, -0.1) is 0 Å². The molecule has 0 radical (unpaired) electrons. The van der Waals surface area contributed by atoms with Gasteiger partial charge in [-0.05, 0) is 71.2 Å². The van der Waals surface area contributed by atoms with Crippen molar-refractivity contribution in [3.05, 3.63) is 35.8 Å². The van der Waals surface area contributed by atoms with Crippen LogP contribution in [0.3, 0.4) is 0 Å². The fraction of sp³-hybridized carbons (Fsp3) is 0.542. The first-order valence-electron chi connectivity index (χ1n) is 11.4. The van der Waals surface area contributed by atoms with Gasteiger partial charge in [0.1, 0.15) is 18.4 Å². The van der Waals surface area contributed by atoms with Crippen LogP contribution in [0.4, 0.5) is 21.8 Å². The van der Waals surface area contributed by atoms with Crippen LogP contribution in [-0.2, 0) is 0 Å². The molecule has 8 nitrogen and oxygen atoms in total. The third kappa shape index (κ3) is 5.34. The minimum absolute atomic E-state index is 0.0625. The molecule has 3 heterocycles. The van der Waals surface area contributed by atoms with Crippen molar-refractivity contribution in [2.75, 3.05) is 23.8 Å². The third-order valence-electron chi connectivity index (χ3n) is 6.38. The number of hydrogen-bond donors (Lipinski definition) is 3. The average molecular weight is 455 g/mol. The van der Waals surface area contributed by atoms with Gasteiger partial charge in [-0.25, -0.2) is 9.37 Å². The van der Waals surface area contributed by atoms with Crippen molar-refractivity contribution in [2.24, 2.45) is 0 Å². The summed E-state index contributed by atoms with van der Waals surface area (Å²) in [6, 6.07) is 7.70. The fourth-order valence-electron chi connectivity index (χ4n) is 5.00. The average Bonchev–Trinajstić information content (AvgIpc) is 3.24. The van der Waals surface area contributed by atoms with Crippen LogP contribution < -0.4 is 15.4 Å². The Labute approximate surface area is 193 Å². The maximum atomic E-state index is 14.5. The normalized spacial score (nSPS) is 22.8. The molecule has 1 aromatic carbocycles. The second-order valence-corrected chi connectivity index (χ2v) is 9.58. The number of rotatable bonds is 7. The van der Waals surface area contributed by atoms with E-state index in [0.29, 0.717) is 23.0 Å². The lowest BCUT2D eigenvalue weighted by molar-refractivity contribution is 0.0500. The number of ether oxygens (including phenoxy) is 1. The van der Waals surface area contributed by atoms with Crippen LogP contribution in [-0.4, -0.2) is 56.9 Å². The smallest absolute Gasteiger partial charge is 0.229 e. The van der Waals surface area contributed by atoms with E-state index in [1.165, 1.54) is 12.8 Å². The van der Waals surface area contributed by atoms with Gasteiger partial charge in [0.05, 0.1) is 17.9 Å². The molecule has 33 heavy (non-hydrogen) atoms. The van der Waals surface area contributed by atoms with Crippen molar-refractivity contribution in [1.82, 2.24) is 14.9 Å². The fourth-order valence-corrected chi connectivity index (χ4v) is 5.00. The van der Waals surface area contributed by atoms with Crippen LogP contribution in [0.5, 0.6) is 5.75 Å². The summed E-state index contributed by atoms with van der Waals surface area (Å²) in [5.41, 5.74) is 0.952. The molecule has 3 atom stereocenters. The predicted octanol–water partition coefficient (Wildman–Crippen LogP) is 3.81. The van der Waals surface area contributed by atoms with E-state index in [1.807, 2.05) is 0 Å². The summed E-state index contributed by atoms with van der Waals surface area (Å²) in [6.07, 6.45) is 4.78. The third-order valence-corrected chi connectivity index (χ3v) is 6.38. The van der Waals surface area contributed by atoms with E-state index in [1.54, 1.807) is 25.1 Å². The van der Waals surface area contributed by atoms with Crippen molar-refractivity contribution in [3.63, 3.8) is 0 Å². The standard InChI is InChI=1S/C24H31FN6O2/c1-15(32)14-33-21-7-6-17(9-16(21)12-26)29-23-27-13-20(25)22(30-23)28-18-10-19-5-4-8-31(19)24(2,3)11-18/h6-7,9,13,15,18-19,32H,4-5,8,10-11,14H2,1-3H3,(H2,27,28,29,30). The molecule has 0 amide bonds. The topological polar surface area (TPSA) is 106 Å². The van der Waals surface area contributed by atoms with E-state index >= 15 is 0 Å². The zero-order valence-corrected chi connectivity index (χ0v) is 19.3. The summed E-state index contributed by atoms with van der Waals surface area (Å²) in [6.45, 7) is 7.34. The van der Waals surface area contributed by atoms with Crippen molar-refractivity contribution in [2.45, 2.75) is 70.2 Å². The first kappa shape index (κ1) is 23.2. The van der Waals surface area contributed by atoms with Crippen LogP contribution in [0, 0.1) is 17.1 Å².